The number of thiazole rings is 1. The molecule has 24 heavy (non-hydrogen) atoms. The maximum Gasteiger partial charge on any atom is 0.193 e. The lowest BCUT2D eigenvalue weighted by atomic mass is 10.3. The van der Waals surface area contributed by atoms with Gasteiger partial charge in [0.25, 0.3) is 0 Å². The highest BCUT2D eigenvalue weighted by atomic mass is 127. The van der Waals surface area contributed by atoms with Gasteiger partial charge < -0.3 is 14.8 Å². The lowest BCUT2D eigenvalue weighted by Crippen LogP contribution is -2.39. The number of hydrogen-bond donors (Lipinski definition) is 1. The molecule has 0 fully saturated rings. The van der Waals surface area contributed by atoms with E-state index in [2.05, 4.69) is 35.1 Å². The van der Waals surface area contributed by atoms with Crippen LogP contribution in [0.4, 0.5) is 0 Å². The lowest BCUT2D eigenvalue weighted by Gasteiger charge is -2.21. The standard InChI is InChI=1S/C16H26N6S.HI/c1-13-18-8-10-22(13)9-6-5-7-19-16(17-3)21(4)11-15-12-23-14(2)20-15;/h8,10,12H,5-7,9,11H2,1-4H3,(H,17,19);1H. The van der Waals surface area contributed by atoms with Crippen molar-refractivity contribution < 1.29 is 0 Å². The topological polar surface area (TPSA) is 58.3 Å². The Hall–Kier alpha value is -1.16. The molecule has 0 spiro atoms. The van der Waals surface area contributed by atoms with E-state index in [0.717, 1.165) is 55.0 Å². The molecular weight excluding hydrogens is 435 g/mol. The molecule has 2 aromatic heterocycles. The molecule has 0 unspecified atom stereocenters. The first-order valence-corrected chi connectivity index (χ1v) is 8.78. The van der Waals surface area contributed by atoms with Crippen LogP contribution >= 0.6 is 35.3 Å². The van der Waals surface area contributed by atoms with E-state index in [1.54, 1.807) is 11.3 Å². The molecule has 0 amide bonds. The van der Waals surface area contributed by atoms with Crippen LogP contribution in [0.3, 0.4) is 0 Å². The molecule has 0 bridgehead atoms. The molecule has 6 nitrogen and oxygen atoms in total. The van der Waals surface area contributed by atoms with Crippen molar-refractivity contribution in [2.75, 3.05) is 20.6 Å². The largest absolute Gasteiger partial charge is 0.356 e. The van der Waals surface area contributed by atoms with Gasteiger partial charge in [-0.3, -0.25) is 4.99 Å². The van der Waals surface area contributed by atoms with E-state index in [9.17, 15) is 0 Å². The third-order valence-corrected chi connectivity index (χ3v) is 4.49. The summed E-state index contributed by atoms with van der Waals surface area (Å²) in [7, 11) is 3.86. The Balaban J connectivity index is 0.00000288. The van der Waals surface area contributed by atoms with Crippen molar-refractivity contribution >= 4 is 41.3 Å². The highest BCUT2D eigenvalue weighted by molar-refractivity contribution is 14.0. The van der Waals surface area contributed by atoms with Crippen molar-refractivity contribution in [3.63, 3.8) is 0 Å². The van der Waals surface area contributed by atoms with Crippen molar-refractivity contribution in [3.8, 4) is 0 Å². The fraction of sp³-hybridized carbons (Fsp3) is 0.562. The van der Waals surface area contributed by atoms with Crippen LogP contribution in [0.5, 0.6) is 0 Å². The Morgan fingerprint density at radius 3 is 2.75 bits per heavy atom. The average Bonchev–Trinajstić information content (AvgIpc) is 3.11. The molecule has 134 valence electrons. The molecule has 0 aliphatic rings. The SMILES string of the molecule is CN=C(NCCCCn1ccnc1C)N(C)Cc1csc(C)n1.I. The number of rotatable bonds is 7. The van der Waals surface area contributed by atoms with Crippen LogP contribution < -0.4 is 5.32 Å². The van der Waals surface area contributed by atoms with Crippen molar-refractivity contribution in [1.29, 1.82) is 0 Å². The summed E-state index contributed by atoms with van der Waals surface area (Å²) in [5, 5.41) is 6.62. The Kier molecular flexibility index (Phi) is 9.27. The summed E-state index contributed by atoms with van der Waals surface area (Å²) in [6, 6.07) is 0. The minimum atomic E-state index is 0. The second-order valence-corrected chi connectivity index (χ2v) is 6.63. The van der Waals surface area contributed by atoms with Crippen molar-refractivity contribution in [3.05, 3.63) is 34.3 Å². The van der Waals surface area contributed by atoms with Gasteiger partial charge in [-0.1, -0.05) is 0 Å². The van der Waals surface area contributed by atoms with Gasteiger partial charge in [-0.15, -0.1) is 35.3 Å². The first-order chi connectivity index (χ1) is 11.1. The molecule has 0 atom stereocenters. The Morgan fingerprint density at radius 2 is 2.17 bits per heavy atom. The Labute approximate surface area is 165 Å². The summed E-state index contributed by atoms with van der Waals surface area (Å²) in [5.41, 5.74) is 1.09. The van der Waals surface area contributed by atoms with Gasteiger partial charge in [-0.25, -0.2) is 9.97 Å². The number of unbranched alkanes of at least 4 members (excludes halogenated alkanes) is 1. The maximum atomic E-state index is 4.50. The van der Waals surface area contributed by atoms with Crippen LogP contribution in [-0.2, 0) is 13.1 Å². The molecule has 2 rings (SSSR count). The third kappa shape index (κ3) is 6.39. The summed E-state index contributed by atoms with van der Waals surface area (Å²) in [6.07, 6.45) is 6.10. The van der Waals surface area contributed by atoms with E-state index >= 15 is 0 Å². The van der Waals surface area contributed by atoms with Crippen molar-refractivity contribution in [2.45, 2.75) is 39.8 Å². The summed E-state index contributed by atoms with van der Waals surface area (Å²) in [4.78, 5) is 15.2. The summed E-state index contributed by atoms with van der Waals surface area (Å²) >= 11 is 1.68. The zero-order valence-corrected chi connectivity index (χ0v) is 18.0. The van der Waals surface area contributed by atoms with Crippen LogP contribution in [0.15, 0.2) is 22.8 Å². The van der Waals surface area contributed by atoms with E-state index in [1.807, 2.05) is 40.3 Å². The zero-order valence-electron chi connectivity index (χ0n) is 14.8. The first-order valence-electron chi connectivity index (χ1n) is 7.90. The molecule has 0 aliphatic heterocycles. The Bertz CT molecular complexity index is 636. The second-order valence-electron chi connectivity index (χ2n) is 5.56. The molecule has 8 heteroatoms. The van der Waals surface area contributed by atoms with E-state index in [1.165, 1.54) is 0 Å². The molecule has 1 N–H and O–H groups in total. The number of halogens is 1. The number of aryl methyl sites for hydroxylation is 3. The third-order valence-electron chi connectivity index (χ3n) is 3.67. The van der Waals surface area contributed by atoms with Gasteiger partial charge in [0.2, 0.25) is 0 Å². The van der Waals surface area contributed by atoms with Crippen molar-refractivity contribution in [1.82, 2.24) is 24.8 Å². The predicted molar refractivity (Wildman–Crippen MR) is 111 cm³/mol. The Morgan fingerprint density at radius 1 is 1.38 bits per heavy atom. The second kappa shape index (κ2) is 10.7. The minimum absolute atomic E-state index is 0. The van der Waals surface area contributed by atoms with Crippen LogP contribution in [0.2, 0.25) is 0 Å². The fourth-order valence-corrected chi connectivity index (χ4v) is 3.03. The molecule has 2 heterocycles. The van der Waals surface area contributed by atoms with Gasteiger partial charge in [-0.05, 0) is 26.7 Å². The van der Waals surface area contributed by atoms with Gasteiger partial charge in [0.1, 0.15) is 5.82 Å². The van der Waals surface area contributed by atoms with Crippen molar-refractivity contribution in [2.24, 2.45) is 4.99 Å². The van der Waals surface area contributed by atoms with Gasteiger partial charge >= 0.3 is 0 Å². The number of imidazole rings is 1. The smallest absolute Gasteiger partial charge is 0.193 e. The van der Waals surface area contributed by atoms with Gasteiger partial charge in [0, 0.05) is 45.0 Å². The number of nitrogens with one attached hydrogen (secondary N) is 1. The van der Waals surface area contributed by atoms with Gasteiger partial charge in [0.15, 0.2) is 5.96 Å². The summed E-state index contributed by atoms with van der Waals surface area (Å²) in [5.74, 6) is 1.99. The predicted octanol–water partition coefficient (Wildman–Crippen LogP) is 3.06. The minimum Gasteiger partial charge on any atom is -0.356 e. The van der Waals surface area contributed by atoms with Crippen LogP contribution in [0.25, 0.3) is 0 Å². The molecular formula is C16H27IN6S. The molecule has 2 aromatic rings. The monoisotopic (exact) mass is 462 g/mol. The van der Waals surface area contributed by atoms with E-state index in [0.29, 0.717) is 0 Å². The number of guanidine groups is 1. The van der Waals surface area contributed by atoms with Gasteiger partial charge in [-0.2, -0.15) is 0 Å². The van der Waals surface area contributed by atoms with E-state index < -0.39 is 0 Å². The number of aromatic nitrogens is 3. The number of hydrogen-bond acceptors (Lipinski definition) is 4. The molecule has 0 radical (unpaired) electrons. The molecule has 0 aromatic carbocycles. The molecule has 0 aliphatic carbocycles. The van der Waals surface area contributed by atoms with Gasteiger partial charge in [0.05, 0.1) is 17.2 Å². The van der Waals surface area contributed by atoms with E-state index in [-0.39, 0.29) is 24.0 Å². The maximum absolute atomic E-state index is 4.50. The highest BCUT2D eigenvalue weighted by Gasteiger charge is 2.08. The first kappa shape index (κ1) is 20.9. The average molecular weight is 462 g/mol. The molecule has 0 saturated carbocycles. The number of nitrogens with zero attached hydrogens (tertiary/aromatic N) is 5. The summed E-state index contributed by atoms with van der Waals surface area (Å²) < 4.78 is 2.19. The highest BCUT2D eigenvalue weighted by Crippen LogP contribution is 2.09. The quantitative estimate of drug-likeness (QED) is 0.298. The molecule has 0 saturated heterocycles. The van der Waals surface area contributed by atoms with Crippen LogP contribution in [0, 0.1) is 13.8 Å². The van der Waals surface area contributed by atoms with E-state index in [4.69, 9.17) is 0 Å². The lowest BCUT2D eigenvalue weighted by molar-refractivity contribution is 0.467. The van der Waals surface area contributed by atoms with Crippen LogP contribution in [0.1, 0.15) is 29.4 Å². The zero-order chi connectivity index (χ0) is 16.7. The summed E-state index contributed by atoms with van der Waals surface area (Å²) in [6.45, 7) is 6.78. The van der Waals surface area contributed by atoms with Crippen LogP contribution in [-0.4, -0.2) is 46.0 Å². The fourth-order valence-electron chi connectivity index (χ4n) is 2.43. The number of aliphatic imine (C=N–C) groups is 1. The normalized spacial score (nSPS) is 11.2.